The van der Waals surface area contributed by atoms with E-state index in [-0.39, 0.29) is 0 Å². The summed E-state index contributed by atoms with van der Waals surface area (Å²) in [5.74, 6) is 2.11. The van der Waals surface area contributed by atoms with Gasteiger partial charge in [-0.3, -0.25) is 0 Å². The summed E-state index contributed by atoms with van der Waals surface area (Å²) in [6, 6.07) is 0. The molecule has 0 spiro atoms. The highest BCUT2D eigenvalue weighted by Gasteiger charge is 2.14. The molecule has 0 nitrogen and oxygen atoms in total. The Balaban J connectivity index is 2.28. The van der Waals surface area contributed by atoms with E-state index in [0.717, 1.165) is 11.8 Å². The first-order valence-electron chi connectivity index (χ1n) is 10.4. The molecule has 1 aliphatic rings. The first kappa shape index (κ1) is 19.0. The van der Waals surface area contributed by atoms with Crippen LogP contribution < -0.4 is 0 Å². The average Bonchev–Trinajstić information content (AvgIpc) is 2.54. The predicted molar refractivity (Wildman–Crippen MR) is 96.8 cm³/mol. The second-order valence-electron chi connectivity index (χ2n) is 7.65. The highest BCUT2D eigenvalue weighted by Crippen LogP contribution is 2.29. The van der Waals surface area contributed by atoms with Crippen molar-refractivity contribution in [3.05, 3.63) is 0 Å². The van der Waals surface area contributed by atoms with Crippen LogP contribution in [0.2, 0.25) is 0 Å². The third-order valence-electron chi connectivity index (χ3n) is 5.62. The number of hydrogen-bond acceptors (Lipinski definition) is 0. The van der Waals surface area contributed by atoms with E-state index in [4.69, 9.17) is 0 Å². The van der Waals surface area contributed by atoms with Crippen LogP contribution in [-0.2, 0) is 0 Å². The van der Waals surface area contributed by atoms with Gasteiger partial charge in [-0.2, -0.15) is 0 Å². The first-order valence-corrected chi connectivity index (χ1v) is 10.4. The minimum absolute atomic E-state index is 1.05. The lowest BCUT2D eigenvalue weighted by Gasteiger charge is -2.20. The zero-order valence-corrected chi connectivity index (χ0v) is 15.2. The number of unbranched alkanes of at least 4 members (excludes halogenated alkanes) is 4. The Labute approximate surface area is 135 Å². The third-order valence-corrected chi connectivity index (χ3v) is 5.62. The van der Waals surface area contributed by atoms with Crippen LogP contribution in [0.25, 0.3) is 0 Å². The average molecular weight is 295 g/mol. The summed E-state index contributed by atoms with van der Waals surface area (Å²) < 4.78 is 0. The van der Waals surface area contributed by atoms with E-state index < -0.39 is 0 Å². The van der Waals surface area contributed by atoms with Crippen LogP contribution in [0.3, 0.4) is 0 Å². The van der Waals surface area contributed by atoms with Crippen molar-refractivity contribution in [1.82, 2.24) is 0 Å². The van der Waals surface area contributed by atoms with Gasteiger partial charge in [-0.25, -0.2) is 0 Å². The van der Waals surface area contributed by atoms with Gasteiger partial charge < -0.3 is 0 Å². The number of hydrogen-bond donors (Lipinski definition) is 0. The van der Waals surface area contributed by atoms with Gasteiger partial charge in [-0.15, -0.1) is 0 Å². The van der Waals surface area contributed by atoms with E-state index in [1.165, 1.54) is 103 Å². The molecule has 0 amide bonds. The van der Waals surface area contributed by atoms with Crippen LogP contribution in [0.5, 0.6) is 0 Å². The van der Waals surface area contributed by atoms with E-state index in [1.54, 1.807) is 6.42 Å². The summed E-state index contributed by atoms with van der Waals surface area (Å²) in [6.07, 6.45) is 25.4. The minimum Gasteiger partial charge on any atom is -0.0654 e. The van der Waals surface area contributed by atoms with Gasteiger partial charge in [0.25, 0.3) is 0 Å². The topological polar surface area (TPSA) is 0 Å². The van der Waals surface area contributed by atoms with Gasteiger partial charge in [0, 0.05) is 0 Å². The van der Waals surface area contributed by atoms with Crippen molar-refractivity contribution in [2.45, 2.75) is 123 Å². The van der Waals surface area contributed by atoms with Crippen LogP contribution in [0, 0.1) is 11.8 Å². The summed E-state index contributed by atoms with van der Waals surface area (Å²) in [5.41, 5.74) is 0. The maximum atomic E-state index is 2.37. The van der Waals surface area contributed by atoms with Crippen LogP contribution in [0.15, 0.2) is 0 Å². The van der Waals surface area contributed by atoms with Crippen molar-refractivity contribution in [3.63, 3.8) is 0 Å². The van der Waals surface area contributed by atoms with E-state index in [9.17, 15) is 0 Å². The molecule has 0 N–H and O–H groups in total. The summed E-state index contributed by atoms with van der Waals surface area (Å²) in [6.45, 7) is 4.69. The van der Waals surface area contributed by atoms with E-state index in [0.29, 0.717) is 0 Å². The molecule has 1 unspecified atom stereocenters. The van der Waals surface area contributed by atoms with Crippen molar-refractivity contribution in [3.8, 4) is 0 Å². The lowest BCUT2D eigenvalue weighted by molar-refractivity contribution is 0.323. The molecule has 1 saturated carbocycles. The molecule has 0 aromatic rings. The molecule has 1 rings (SSSR count). The minimum atomic E-state index is 1.05. The maximum absolute atomic E-state index is 2.37. The van der Waals surface area contributed by atoms with Gasteiger partial charge in [0.05, 0.1) is 0 Å². The van der Waals surface area contributed by atoms with Gasteiger partial charge in [0.1, 0.15) is 0 Å². The molecule has 126 valence electrons. The molecular weight excluding hydrogens is 252 g/mol. The van der Waals surface area contributed by atoms with Crippen LogP contribution in [0.4, 0.5) is 0 Å². The normalized spacial score (nSPS) is 25.4. The van der Waals surface area contributed by atoms with Crippen LogP contribution in [0.1, 0.15) is 123 Å². The standard InChI is InChI=1S/C21H42/c1-3-5-6-8-11-16-21-17-13-10-7-9-12-15-20(14-4-2)18-19-21/h20-21H,3-19H2,1-2H3/t20-,21?/m1/s1. The SMILES string of the molecule is CCCCCCCC1CCCCCCC[C@@H](CCC)CC1. The monoisotopic (exact) mass is 294 g/mol. The summed E-state index contributed by atoms with van der Waals surface area (Å²) in [4.78, 5) is 0. The van der Waals surface area contributed by atoms with Gasteiger partial charge in [-0.1, -0.05) is 123 Å². The zero-order valence-electron chi connectivity index (χ0n) is 15.2. The Morgan fingerprint density at radius 3 is 1.71 bits per heavy atom. The Hall–Kier alpha value is 0. The van der Waals surface area contributed by atoms with E-state index in [2.05, 4.69) is 13.8 Å². The molecular formula is C21H42. The molecule has 0 aromatic heterocycles. The van der Waals surface area contributed by atoms with Gasteiger partial charge >= 0.3 is 0 Å². The fraction of sp³-hybridized carbons (Fsp3) is 1.00. The maximum Gasteiger partial charge on any atom is -0.0414 e. The molecule has 0 heteroatoms. The highest BCUT2D eigenvalue weighted by atomic mass is 14.2. The largest absolute Gasteiger partial charge is 0.0654 e. The predicted octanol–water partition coefficient (Wildman–Crippen LogP) is 7.90. The molecule has 21 heavy (non-hydrogen) atoms. The summed E-state index contributed by atoms with van der Waals surface area (Å²) >= 11 is 0. The Kier molecular flexibility index (Phi) is 12.4. The van der Waals surface area contributed by atoms with E-state index in [1.807, 2.05) is 0 Å². The Morgan fingerprint density at radius 1 is 0.524 bits per heavy atom. The second kappa shape index (κ2) is 13.6. The van der Waals surface area contributed by atoms with Crippen molar-refractivity contribution >= 4 is 0 Å². The molecule has 1 fully saturated rings. The Bertz CT molecular complexity index is 208. The molecule has 0 heterocycles. The van der Waals surface area contributed by atoms with Crippen molar-refractivity contribution in [2.75, 3.05) is 0 Å². The molecule has 0 aromatic carbocycles. The Morgan fingerprint density at radius 2 is 1.10 bits per heavy atom. The molecule has 1 aliphatic carbocycles. The zero-order chi connectivity index (χ0) is 15.2. The van der Waals surface area contributed by atoms with Crippen molar-refractivity contribution in [1.29, 1.82) is 0 Å². The number of rotatable bonds is 8. The van der Waals surface area contributed by atoms with Gasteiger partial charge in [0.2, 0.25) is 0 Å². The first-order chi connectivity index (χ1) is 10.4. The lowest BCUT2D eigenvalue weighted by atomic mass is 9.85. The summed E-state index contributed by atoms with van der Waals surface area (Å²) in [5, 5.41) is 0. The molecule has 0 aliphatic heterocycles. The quantitative estimate of drug-likeness (QED) is 0.399. The smallest absolute Gasteiger partial charge is 0.0414 e. The fourth-order valence-corrected chi connectivity index (χ4v) is 4.18. The van der Waals surface area contributed by atoms with Gasteiger partial charge in [-0.05, 0) is 11.8 Å². The highest BCUT2D eigenvalue weighted by molar-refractivity contribution is 4.67. The van der Waals surface area contributed by atoms with Crippen LogP contribution >= 0.6 is 0 Å². The fourth-order valence-electron chi connectivity index (χ4n) is 4.18. The third kappa shape index (κ3) is 10.4. The molecule has 0 saturated heterocycles. The van der Waals surface area contributed by atoms with Gasteiger partial charge in [0.15, 0.2) is 0 Å². The summed E-state index contributed by atoms with van der Waals surface area (Å²) in [7, 11) is 0. The lowest BCUT2D eigenvalue weighted by Crippen LogP contribution is -2.06. The van der Waals surface area contributed by atoms with Crippen LogP contribution in [-0.4, -0.2) is 0 Å². The van der Waals surface area contributed by atoms with Crippen molar-refractivity contribution < 1.29 is 0 Å². The van der Waals surface area contributed by atoms with Crippen molar-refractivity contribution in [2.24, 2.45) is 11.8 Å². The van der Waals surface area contributed by atoms with E-state index >= 15 is 0 Å². The molecule has 0 radical (unpaired) electrons. The second-order valence-corrected chi connectivity index (χ2v) is 7.65. The molecule has 0 bridgehead atoms. The molecule has 2 atom stereocenters.